The number of aryl methyl sites for hydroxylation is 1. The van der Waals surface area contributed by atoms with Crippen molar-refractivity contribution in [2.45, 2.75) is 47.6 Å². The van der Waals surface area contributed by atoms with Gasteiger partial charge in [-0.1, -0.05) is 33.8 Å². The standard InChI is InChI=1S/C21H17N5OS.C6H13NO.C2H6.CH4O/c1-13-19(15-6-8-28-11-15)25-20-16(3-2-7-26(13)20)21(27)22-10-14-4-5-17-18(9-14)24-12-23-17;1-6(2)3-4-7-5-8;2*1-2/h2-9,11-12H,10H2,1H3,(H,22,27)(H,23,24);5-6H,3-4H2,1-2H3,(H,7,8);1-2H3;2H,1H3. The van der Waals surface area contributed by atoms with Gasteiger partial charge in [-0.25, -0.2) is 9.97 Å². The fraction of sp³-hybridized carbons (Fsp3) is 0.333. The molecule has 9 nitrogen and oxygen atoms in total. The lowest BCUT2D eigenvalue weighted by molar-refractivity contribution is -0.109. The Labute approximate surface area is 239 Å². The van der Waals surface area contributed by atoms with Crippen LogP contribution in [0, 0.1) is 12.8 Å². The molecule has 4 aromatic heterocycles. The molecular weight excluding hydrogens is 524 g/mol. The summed E-state index contributed by atoms with van der Waals surface area (Å²) in [5, 5.41) is 16.7. The summed E-state index contributed by atoms with van der Waals surface area (Å²) in [6.07, 6.45) is 5.41. The maximum Gasteiger partial charge on any atom is 0.255 e. The van der Waals surface area contributed by atoms with Gasteiger partial charge in [0.1, 0.15) is 0 Å². The van der Waals surface area contributed by atoms with Crippen LogP contribution in [0.3, 0.4) is 0 Å². The third-order valence-electron chi connectivity index (χ3n) is 5.82. The molecule has 214 valence electrons. The van der Waals surface area contributed by atoms with Crippen molar-refractivity contribution in [1.82, 2.24) is 30.0 Å². The molecule has 2 amide bonds. The molecule has 0 aliphatic heterocycles. The van der Waals surface area contributed by atoms with Gasteiger partial charge in [-0.15, -0.1) is 0 Å². The second kappa shape index (κ2) is 16.8. The number of aliphatic hydroxyl groups is 1. The van der Waals surface area contributed by atoms with E-state index in [9.17, 15) is 9.59 Å². The molecule has 0 radical (unpaired) electrons. The number of rotatable bonds is 8. The fourth-order valence-corrected chi connectivity index (χ4v) is 4.48. The maximum absolute atomic E-state index is 12.9. The molecule has 0 bridgehead atoms. The van der Waals surface area contributed by atoms with Crippen molar-refractivity contribution in [2.24, 2.45) is 5.92 Å². The van der Waals surface area contributed by atoms with E-state index in [1.807, 2.05) is 73.1 Å². The summed E-state index contributed by atoms with van der Waals surface area (Å²) in [6, 6.07) is 11.6. The van der Waals surface area contributed by atoms with E-state index in [4.69, 9.17) is 10.1 Å². The van der Waals surface area contributed by atoms with Gasteiger partial charge < -0.3 is 25.1 Å². The number of carbonyl (C=O) groups excluding carboxylic acids is 2. The molecule has 1 aromatic carbocycles. The molecule has 10 heteroatoms. The van der Waals surface area contributed by atoms with E-state index in [0.29, 0.717) is 23.7 Å². The number of pyridine rings is 1. The number of hydrogen-bond donors (Lipinski definition) is 4. The minimum atomic E-state index is -0.142. The van der Waals surface area contributed by atoms with Crippen molar-refractivity contribution in [3.8, 4) is 11.3 Å². The number of amides is 2. The van der Waals surface area contributed by atoms with Gasteiger partial charge in [-0.3, -0.25) is 9.59 Å². The third kappa shape index (κ3) is 8.49. The Balaban J connectivity index is 0.000000402. The van der Waals surface area contributed by atoms with Crippen molar-refractivity contribution in [3.05, 3.63) is 76.5 Å². The Morgan fingerprint density at radius 2 is 1.98 bits per heavy atom. The number of aromatic nitrogens is 4. The van der Waals surface area contributed by atoms with E-state index in [1.54, 1.807) is 17.7 Å². The largest absolute Gasteiger partial charge is 0.400 e. The molecule has 0 fully saturated rings. The van der Waals surface area contributed by atoms with Gasteiger partial charge in [0.15, 0.2) is 5.65 Å². The van der Waals surface area contributed by atoms with Crippen LogP contribution in [0.15, 0.2) is 59.7 Å². The molecule has 40 heavy (non-hydrogen) atoms. The maximum atomic E-state index is 12.9. The van der Waals surface area contributed by atoms with Gasteiger partial charge in [0.25, 0.3) is 5.91 Å². The van der Waals surface area contributed by atoms with Crippen LogP contribution in [0.25, 0.3) is 27.9 Å². The highest BCUT2D eigenvalue weighted by molar-refractivity contribution is 7.08. The summed E-state index contributed by atoms with van der Waals surface area (Å²) >= 11 is 1.64. The predicted molar refractivity (Wildman–Crippen MR) is 164 cm³/mol. The second-order valence-electron chi connectivity index (χ2n) is 8.86. The van der Waals surface area contributed by atoms with E-state index in [2.05, 4.69) is 39.8 Å². The van der Waals surface area contributed by atoms with E-state index in [-0.39, 0.29) is 5.91 Å². The summed E-state index contributed by atoms with van der Waals surface area (Å²) in [5.74, 6) is 0.541. The van der Waals surface area contributed by atoms with Crippen molar-refractivity contribution < 1.29 is 14.7 Å². The minimum absolute atomic E-state index is 0.142. The Bertz CT molecular complexity index is 1460. The number of fused-ring (bicyclic) bond motifs is 2. The monoisotopic (exact) mass is 564 g/mol. The van der Waals surface area contributed by atoms with Crippen molar-refractivity contribution in [3.63, 3.8) is 0 Å². The molecule has 0 aliphatic rings. The lowest BCUT2D eigenvalue weighted by atomic mass is 10.1. The zero-order valence-electron chi connectivity index (χ0n) is 24.1. The van der Waals surface area contributed by atoms with Crippen LogP contribution in [0.5, 0.6) is 0 Å². The van der Waals surface area contributed by atoms with Crippen LogP contribution in [0.4, 0.5) is 0 Å². The summed E-state index contributed by atoms with van der Waals surface area (Å²) in [5.41, 5.74) is 7.11. The van der Waals surface area contributed by atoms with Gasteiger partial charge in [-0.05, 0) is 60.5 Å². The summed E-state index contributed by atoms with van der Waals surface area (Å²) < 4.78 is 1.97. The molecular formula is C30H40N6O3S. The summed E-state index contributed by atoms with van der Waals surface area (Å²) in [4.78, 5) is 34.6. The Kier molecular flexibility index (Phi) is 13.5. The lowest BCUT2D eigenvalue weighted by Gasteiger charge is -2.07. The van der Waals surface area contributed by atoms with E-state index < -0.39 is 0 Å². The number of benzene rings is 1. The predicted octanol–water partition coefficient (Wildman–Crippen LogP) is 5.59. The van der Waals surface area contributed by atoms with E-state index in [1.165, 1.54) is 0 Å². The third-order valence-corrected chi connectivity index (χ3v) is 6.50. The van der Waals surface area contributed by atoms with Crippen LogP contribution in [0.1, 0.15) is 55.7 Å². The number of carbonyl (C=O) groups is 2. The number of nitrogens with zero attached hydrogens (tertiary/aromatic N) is 3. The molecule has 5 aromatic rings. The highest BCUT2D eigenvalue weighted by Gasteiger charge is 2.17. The number of nitrogens with one attached hydrogen (secondary N) is 3. The van der Waals surface area contributed by atoms with Gasteiger partial charge >= 0.3 is 0 Å². The number of imidazole rings is 2. The number of H-pyrrole nitrogens is 1. The highest BCUT2D eigenvalue weighted by Crippen LogP contribution is 2.27. The van der Waals surface area contributed by atoms with Gasteiger partial charge in [0, 0.05) is 43.0 Å². The first-order chi connectivity index (χ1) is 19.5. The summed E-state index contributed by atoms with van der Waals surface area (Å²) in [6.45, 7) is 11.5. The summed E-state index contributed by atoms with van der Waals surface area (Å²) in [7, 11) is 1.00. The number of thiophene rings is 1. The first kappa shape index (κ1) is 32.2. The number of hydrogen-bond acceptors (Lipinski definition) is 6. The Morgan fingerprint density at radius 3 is 2.65 bits per heavy atom. The van der Waals surface area contributed by atoms with Crippen LogP contribution in [0.2, 0.25) is 0 Å². The molecule has 0 aliphatic carbocycles. The van der Waals surface area contributed by atoms with E-state index >= 15 is 0 Å². The van der Waals surface area contributed by atoms with Crippen molar-refractivity contribution in [1.29, 1.82) is 0 Å². The average Bonchev–Trinajstić information content (AvgIpc) is 3.75. The SMILES string of the molecule is CC.CC(C)CCNC=O.CO.Cc1c(-c2ccsc2)nc2c(C(=O)NCc3ccc4nc[nH]c4c3)cccn12. The molecule has 0 saturated carbocycles. The zero-order valence-corrected chi connectivity index (χ0v) is 24.9. The van der Waals surface area contributed by atoms with Crippen LogP contribution < -0.4 is 10.6 Å². The van der Waals surface area contributed by atoms with Crippen molar-refractivity contribution >= 4 is 40.3 Å². The quantitative estimate of drug-likeness (QED) is 0.144. The molecule has 4 N–H and O–H groups in total. The minimum Gasteiger partial charge on any atom is -0.400 e. The Morgan fingerprint density at radius 1 is 1.20 bits per heavy atom. The Hall–Kier alpha value is -4.02. The molecule has 0 saturated heterocycles. The molecule has 5 rings (SSSR count). The first-order valence-electron chi connectivity index (χ1n) is 13.3. The second-order valence-corrected chi connectivity index (χ2v) is 9.64. The van der Waals surface area contributed by atoms with Gasteiger partial charge in [0.05, 0.1) is 28.6 Å². The lowest BCUT2D eigenvalue weighted by Crippen LogP contribution is -2.23. The molecule has 0 atom stereocenters. The number of aromatic amines is 1. The smallest absolute Gasteiger partial charge is 0.255 e. The normalized spacial score (nSPS) is 10.1. The molecule has 4 heterocycles. The van der Waals surface area contributed by atoms with Crippen LogP contribution in [-0.4, -0.2) is 50.4 Å². The molecule has 0 spiro atoms. The number of aliphatic hydroxyl groups excluding tert-OH is 1. The van der Waals surface area contributed by atoms with Gasteiger partial charge in [0.2, 0.25) is 6.41 Å². The molecule has 0 unspecified atom stereocenters. The topological polar surface area (TPSA) is 124 Å². The highest BCUT2D eigenvalue weighted by atomic mass is 32.1. The van der Waals surface area contributed by atoms with Crippen LogP contribution >= 0.6 is 11.3 Å². The van der Waals surface area contributed by atoms with Crippen LogP contribution in [-0.2, 0) is 11.3 Å². The van der Waals surface area contributed by atoms with E-state index in [0.717, 1.165) is 60.0 Å². The van der Waals surface area contributed by atoms with Crippen molar-refractivity contribution in [2.75, 3.05) is 13.7 Å². The first-order valence-corrected chi connectivity index (χ1v) is 14.2. The average molecular weight is 565 g/mol. The zero-order chi connectivity index (χ0) is 29.5. The fourth-order valence-electron chi connectivity index (χ4n) is 3.84. The van der Waals surface area contributed by atoms with Gasteiger partial charge in [-0.2, -0.15) is 11.3 Å².